The van der Waals surface area contributed by atoms with Crippen molar-refractivity contribution in [2.75, 3.05) is 0 Å². The molecule has 2 atom stereocenters. The van der Waals surface area contributed by atoms with Crippen LogP contribution in [-0.4, -0.2) is 17.2 Å². The number of rotatable bonds is 4. The van der Waals surface area contributed by atoms with Gasteiger partial charge in [-0.15, -0.1) is 0 Å². The summed E-state index contributed by atoms with van der Waals surface area (Å²) in [6, 6.07) is 0. The maximum atomic E-state index is 6.03. The van der Waals surface area contributed by atoms with Crippen LogP contribution < -0.4 is 0 Å². The highest BCUT2D eigenvalue weighted by Crippen LogP contribution is 2.32. The van der Waals surface area contributed by atoms with Crippen molar-refractivity contribution in [3.05, 3.63) is 0 Å². The van der Waals surface area contributed by atoms with Gasteiger partial charge in [0.1, 0.15) is 0 Å². The smallest absolute Gasteiger partial charge is 0.197 e. The van der Waals surface area contributed by atoms with Gasteiger partial charge in [0.2, 0.25) is 6.13 Å². The molecule has 12 heavy (non-hydrogen) atoms. The molecule has 0 aliphatic heterocycles. The highest BCUT2D eigenvalue weighted by atomic mass is 35.5. The van der Waals surface area contributed by atoms with Gasteiger partial charge in [-0.3, -0.25) is 0 Å². The Hall–Kier alpha value is 1.64. The molecule has 0 aromatic heterocycles. The monoisotopic (exact) mass is 264 g/mol. The van der Waals surface area contributed by atoms with Crippen LogP contribution in [0.15, 0.2) is 0 Å². The van der Waals surface area contributed by atoms with E-state index in [9.17, 15) is 0 Å². The largest absolute Gasteiger partial charge is 0.348 e. The normalized spacial score (nSPS) is 15.2. The Bertz CT molecular complexity index is 118. The summed E-state index contributed by atoms with van der Waals surface area (Å²) in [6.07, 6.45) is -0.204. The van der Waals surface area contributed by atoms with Crippen LogP contribution in [0, 0.1) is 0 Å². The lowest BCUT2D eigenvalue weighted by atomic mass is 9.41. The van der Waals surface area contributed by atoms with Crippen LogP contribution in [0.25, 0.3) is 0 Å². The van der Waals surface area contributed by atoms with E-state index in [0.29, 0.717) is 0 Å². The second kappa shape index (κ2) is 6.19. The van der Waals surface area contributed by atoms with Gasteiger partial charge in [0.25, 0.3) is 0 Å². The molecule has 0 bridgehead atoms. The van der Waals surface area contributed by atoms with E-state index < -0.39 is 11.1 Å². The third-order valence-electron chi connectivity index (χ3n) is 1.80. The molecular formula is C4H8B3Cl5. The van der Waals surface area contributed by atoms with Crippen LogP contribution in [0.5, 0.6) is 0 Å². The molecule has 0 saturated heterocycles. The molecule has 0 radical (unpaired) electrons. The lowest BCUT2D eigenvalue weighted by molar-refractivity contribution is 1.21. The summed E-state index contributed by atoms with van der Waals surface area (Å²) in [5, 5.41) is 0. The first-order valence-electron chi connectivity index (χ1n) is 3.58. The average molecular weight is 266 g/mol. The summed E-state index contributed by atoms with van der Waals surface area (Å²) in [5.74, 6) is 0. The fourth-order valence-electron chi connectivity index (χ4n) is 0.757. The standard InChI is InChI=1S/C4H8B3Cl5/c1-3(6(9)10)5(8)4(2)7(11)12/h3-4H,1-2H3. The average Bonchev–Trinajstić information content (AvgIpc) is 2.00. The van der Waals surface area contributed by atoms with Crippen molar-refractivity contribution in [2.24, 2.45) is 0 Å². The third kappa shape index (κ3) is 4.24. The van der Waals surface area contributed by atoms with Gasteiger partial charge in [0.05, 0.1) is 0 Å². The molecule has 0 N–H and O–H groups in total. The topological polar surface area (TPSA) is 0 Å². The Labute approximate surface area is 99.4 Å². The van der Waals surface area contributed by atoms with E-state index in [-0.39, 0.29) is 17.6 Å². The van der Waals surface area contributed by atoms with E-state index in [1.54, 1.807) is 0 Å². The summed E-state index contributed by atoms with van der Waals surface area (Å²) in [5.41, 5.74) is -1.01. The lowest BCUT2D eigenvalue weighted by Gasteiger charge is -2.19. The zero-order chi connectivity index (χ0) is 9.89. The Morgan fingerprint density at radius 1 is 0.750 bits per heavy atom. The third-order valence-corrected chi connectivity index (χ3v) is 4.18. The number of hydrogen-bond donors (Lipinski definition) is 0. The first kappa shape index (κ1) is 13.6. The van der Waals surface area contributed by atoms with Gasteiger partial charge in [-0.05, 0) is 11.4 Å². The van der Waals surface area contributed by atoms with E-state index in [1.807, 2.05) is 13.8 Å². The van der Waals surface area contributed by atoms with Crippen LogP contribution in [-0.2, 0) is 0 Å². The van der Waals surface area contributed by atoms with E-state index in [1.165, 1.54) is 0 Å². The molecule has 0 aromatic rings. The zero-order valence-electron chi connectivity index (χ0n) is 6.78. The molecule has 0 saturated carbocycles. The van der Waals surface area contributed by atoms with Crippen molar-refractivity contribution < 1.29 is 0 Å². The SMILES string of the molecule is CC(B(Cl)Cl)B(Cl)C(C)B(Cl)Cl. The molecule has 0 fully saturated rings. The molecule has 0 aliphatic carbocycles. The number of hydrogen-bond acceptors (Lipinski definition) is 0. The Balaban J connectivity index is 4.08. The molecule has 0 nitrogen and oxygen atoms in total. The highest BCUT2D eigenvalue weighted by molar-refractivity contribution is 7.43. The second-order valence-electron chi connectivity index (χ2n) is 2.83. The van der Waals surface area contributed by atoms with Crippen molar-refractivity contribution in [3.8, 4) is 0 Å². The summed E-state index contributed by atoms with van der Waals surface area (Å²) < 4.78 is 0. The molecule has 0 rings (SSSR count). The van der Waals surface area contributed by atoms with Crippen molar-refractivity contribution >= 4 is 74.5 Å². The van der Waals surface area contributed by atoms with Gasteiger partial charge < -0.3 is 0 Å². The van der Waals surface area contributed by atoms with E-state index in [2.05, 4.69) is 0 Å². The lowest BCUT2D eigenvalue weighted by Crippen LogP contribution is -2.28. The number of halogens is 5. The molecule has 0 aromatic carbocycles. The predicted octanol–water partition coefficient (Wildman–Crippen LogP) is 4.01. The van der Waals surface area contributed by atoms with Crippen LogP contribution in [0.4, 0.5) is 0 Å². The fraction of sp³-hybridized carbons (Fsp3) is 1.00. The van der Waals surface area contributed by atoms with Gasteiger partial charge in [-0.25, -0.2) is 0 Å². The predicted molar refractivity (Wildman–Crippen MR) is 65.4 cm³/mol. The molecule has 0 amide bonds. The van der Waals surface area contributed by atoms with Crippen molar-refractivity contribution in [2.45, 2.75) is 25.3 Å². The minimum absolute atomic E-state index is 0.0231. The molecule has 68 valence electrons. The summed E-state index contributed by atoms with van der Waals surface area (Å²) in [4.78, 5) is 0. The molecular weight excluding hydrogens is 258 g/mol. The van der Waals surface area contributed by atoms with Crippen LogP contribution in [0.3, 0.4) is 0 Å². The van der Waals surface area contributed by atoms with E-state index >= 15 is 0 Å². The van der Waals surface area contributed by atoms with Crippen molar-refractivity contribution in [1.29, 1.82) is 0 Å². The Morgan fingerprint density at radius 2 is 1.00 bits per heavy atom. The van der Waals surface area contributed by atoms with Gasteiger partial charge in [0, 0.05) is 0 Å². The van der Waals surface area contributed by atoms with Gasteiger partial charge in [0.15, 0.2) is 0 Å². The Morgan fingerprint density at radius 3 is 1.17 bits per heavy atom. The van der Waals surface area contributed by atoms with Gasteiger partial charge in [-0.2, -0.15) is 57.3 Å². The minimum Gasteiger partial charge on any atom is -0.197 e. The zero-order valence-corrected chi connectivity index (χ0v) is 10.6. The van der Waals surface area contributed by atoms with Crippen LogP contribution >= 0.6 is 57.3 Å². The maximum Gasteiger partial charge on any atom is 0.348 e. The first-order valence-corrected chi connectivity index (χ1v) is 5.76. The molecule has 0 aliphatic rings. The molecule has 0 heterocycles. The summed E-state index contributed by atoms with van der Waals surface area (Å²) >= 11 is 28.7. The first-order chi connectivity index (χ1) is 5.37. The fourth-order valence-corrected chi connectivity index (χ4v) is 1.97. The maximum absolute atomic E-state index is 6.03. The van der Waals surface area contributed by atoms with Gasteiger partial charge in [-0.1, -0.05) is 13.8 Å². The Kier molecular flexibility index (Phi) is 7.04. The summed E-state index contributed by atoms with van der Waals surface area (Å²) in [7, 11) is 0. The van der Waals surface area contributed by atoms with E-state index in [0.717, 1.165) is 0 Å². The second-order valence-corrected chi connectivity index (χ2v) is 5.66. The van der Waals surface area contributed by atoms with Crippen molar-refractivity contribution in [1.82, 2.24) is 0 Å². The molecule has 0 spiro atoms. The van der Waals surface area contributed by atoms with E-state index in [4.69, 9.17) is 57.3 Å². The highest BCUT2D eigenvalue weighted by Gasteiger charge is 2.36. The van der Waals surface area contributed by atoms with Crippen LogP contribution in [0.1, 0.15) is 13.8 Å². The molecule has 2 unspecified atom stereocenters. The van der Waals surface area contributed by atoms with Gasteiger partial charge >= 0.3 is 11.1 Å². The minimum atomic E-state index is -0.484. The van der Waals surface area contributed by atoms with Crippen molar-refractivity contribution in [3.63, 3.8) is 0 Å². The quantitative estimate of drug-likeness (QED) is 0.674. The summed E-state index contributed by atoms with van der Waals surface area (Å²) in [6.45, 7) is 3.74. The molecule has 8 heteroatoms. The van der Waals surface area contributed by atoms with Crippen LogP contribution in [0.2, 0.25) is 11.4 Å².